The first kappa shape index (κ1) is 17.5. The smallest absolute Gasteiger partial charge is 0.410 e. The van der Waals surface area contributed by atoms with E-state index >= 15 is 0 Å². The van der Waals surface area contributed by atoms with E-state index in [0.717, 1.165) is 27.2 Å². The molecule has 132 valence electrons. The van der Waals surface area contributed by atoms with Crippen molar-refractivity contribution in [3.05, 3.63) is 59.7 Å². The molecule has 0 aromatic heterocycles. The van der Waals surface area contributed by atoms with Crippen LogP contribution in [0.2, 0.25) is 0 Å². The largest absolute Gasteiger partial charge is 0.480 e. The van der Waals surface area contributed by atoms with Gasteiger partial charge in [-0.3, -0.25) is 9.69 Å². The van der Waals surface area contributed by atoms with Crippen LogP contribution in [0.5, 0.6) is 0 Å². The van der Waals surface area contributed by atoms with Crippen LogP contribution in [0.3, 0.4) is 0 Å². The number of fused-ring (bicyclic) bond motifs is 3. The first-order valence-electron chi connectivity index (χ1n) is 8.30. The van der Waals surface area contributed by atoms with Crippen LogP contribution in [0.4, 0.5) is 4.79 Å². The SMILES string of the molecule is N#CCCN(CC(=O)O)C(=O)OCC1c2ccccc2-c2ccccc21. The summed E-state index contributed by atoms with van der Waals surface area (Å²) in [6, 6.07) is 17.9. The second-order valence-corrected chi connectivity index (χ2v) is 6.03. The van der Waals surface area contributed by atoms with Crippen molar-refractivity contribution in [1.29, 1.82) is 5.26 Å². The Balaban J connectivity index is 1.75. The van der Waals surface area contributed by atoms with Crippen LogP contribution >= 0.6 is 0 Å². The van der Waals surface area contributed by atoms with E-state index in [0.29, 0.717) is 0 Å². The van der Waals surface area contributed by atoms with Gasteiger partial charge in [-0.1, -0.05) is 48.5 Å². The lowest BCUT2D eigenvalue weighted by atomic mass is 9.98. The Hall–Kier alpha value is -3.33. The van der Waals surface area contributed by atoms with Gasteiger partial charge in [-0.15, -0.1) is 0 Å². The molecular formula is C20H18N2O4. The second kappa shape index (κ2) is 7.70. The monoisotopic (exact) mass is 350 g/mol. The van der Waals surface area contributed by atoms with Crippen LogP contribution in [-0.2, 0) is 9.53 Å². The highest BCUT2D eigenvalue weighted by Crippen LogP contribution is 2.44. The van der Waals surface area contributed by atoms with Crippen LogP contribution in [0.1, 0.15) is 23.5 Å². The number of nitriles is 1. The maximum absolute atomic E-state index is 12.3. The molecule has 0 bridgehead atoms. The molecule has 1 aliphatic carbocycles. The molecule has 26 heavy (non-hydrogen) atoms. The Bertz CT molecular complexity index is 827. The summed E-state index contributed by atoms with van der Waals surface area (Å²) in [6.45, 7) is -0.340. The minimum absolute atomic E-state index is 0.0273. The lowest BCUT2D eigenvalue weighted by Gasteiger charge is -2.21. The predicted molar refractivity (Wildman–Crippen MR) is 94.5 cm³/mol. The molecule has 1 amide bonds. The van der Waals surface area contributed by atoms with Crippen LogP contribution in [0.25, 0.3) is 11.1 Å². The number of hydrogen-bond acceptors (Lipinski definition) is 4. The summed E-state index contributed by atoms with van der Waals surface area (Å²) in [5.74, 6) is -1.23. The molecule has 0 heterocycles. The fraction of sp³-hybridized carbons (Fsp3) is 0.250. The van der Waals surface area contributed by atoms with Crippen LogP contribution < -0.4 is 0 Å². The third-order valence-electron chi connectivity index (χ3n) is 4.41. The average Bonchev–Trinajstić information content (AvgIpc) is 2.97. The summed E-state index contributed by atoms with van der Waals surface area (Å²) in [5, 5.41) is 17.6. The summed E-state index contributed by atoms with van der Waals surface area (Å²) in [6.07, 6.45) is -0.665. The molecule has 0 unspecified atom stereocenters. The van der Waals surface area contributed by atoms with Crippen molar-refractivity contribution in [1.82, 2.24) is 4.90 Å². The van der Waals surface area contributed by atoms with Crippen molar-refractivity contribution in [3.63, 3.8) is 0 Å². The van der Waals surface area contributed by atoms with E-state index in [2.05, 4.69) is 0 Å². The van der Waals surface area contributed by atoms with Gasteiger partial charge in [0.15, 0.2) is 0 Å². The summed E-state index contributed by atoms with van der Waals surface area (Å²) in [4.78, 5) is 24.3. The fourth-order valence-corrected chi connectivity index (χ4v) is 3.27. The molecule has 0 atom stereocenters. The normalized spacial score (nSPS) is 12.0. The quantitative estimate of drug-likeness (QED) is 0.864. The van der Waals surface area contributed by atoms with E-state index < -0.39 is 18.6 Å². The highest BCUT2D eigenvalue weighted by Gasteiger charge is 2.29. The van der Waals surface area contributed by atoms with E-state index in [1.165, 1.54) is 0 Å². The number of nitrogens with zero attached hydrogens (tertiary/aromatic N) is 2. The molecule has 1 N–H and O–H groups in total. The number of carboxylic acid groups (broad SMARTS) is 1. The zero-order chi connectivity index (χ0) is 18.5. The number of carboxylic acids is 1. The number of carbonyl (C=O) groups is 2. The Morgan fingerprint density at radius 1 is 1.08 bits per heavy atom. The maximum atomic E-state index is 12.3. The van der Waals surface area contributed by atoms with Gasteiger partial charge in [0.1, 0.15) is 13.2 Å². The van der Waals surface area contributed by atoms with Gasteiger partial charge >= 0.3 is 12.1 Å². The van der Waals surface area contributed by atoms with Crippen molar-refractivity contribution in [2.24, 2.45) is 0 Å². The zero-order valence-corrected chi connectivity index (χ0v) is 14.1. The molecule has 2 aromatic rings. The van der Waals surface area contributed by atoms with Gasteiger partial charge in [0.25, 0.3) is 0 Å². The Labute approximate surface area is 151 Å². The first-order valence-corrected chi connectivity index (χ1v) is 8.30. The summed E-state index contributed by atoms with van der Waals surface area (Å²) < 4.78 is 5.41. The van der Waals surface area contributed by atoms with Crippen LogP contribution in [0, 0.1) is 11.3 Å². The minimum atomic E-state index is -1.14. The lowest BCUT2D eigenvalue weighted by Crippen LogP contribution is -2.37. The van der Waals surface area contributed by atoms with E-state index in [1.807, 2.05) is 54.6 Å². The highest BCUT2D eigenvalue weighted by atomic mass is 16.6. The molecule has 0 radical (unpaired) electrons. The topological polar surface area (TPSA) is 90.6 Å². The summed E-state index contributed by atoms with van der Waals surface area (Å²) >= 11 is 0. The van der Waals surface area contributed by atoms with Crippen molar-refractivity contribution in [2.45, 2.75) is 12.3 Å². The van der Waals surface area contributed by atoms with Gasteiger partial charge in [0.2, 0.25) is 0 Å². The number of carbonyl (C=O) groups excluding carboxylic acids is 1. The van der Waals surface area contributed by atoms with E-state index in [-0.39, 0.29) is 25.5 Å². The van der Waals surface area contributed by atoms with Gasteiger partial charge in [-0.2, -0.15) is 5.26 Å². The van der Waals surface area contributed by atoms with Crippen molar-refractivity contribution < 1.29 is 19.4 Å². The number of benzene rings is 2. The van der Waals surface area contributed by atoms with Gasteiger partial charge in [-0.25, -0.2) is 4.79 Å². The minimum Gasteiger partial charge on any atom is -0.480 e. The molecule has 3 rings (SSSR count). The fourth-order valence-electron chi connectivity index (χ4n) is 3.27. The molecule has 0 spiro atoms. The highest BCUT2D eigenvalue weighted by molar-refractivity contribution is 5.79. The van der Waals surface area contributed by atoms with Gasteiger partial charge in [0, 0.05) is 12.5 Å². The molecule has 0 fully saturated rings. The van der Waals surface area contributed by atoms with Gasteiger partial charge in [0.05, 0.1) is 12.5 Å². The molecule has 0 saturated heterocycles. The molecular weight excluding hydrogens is 332 g/mol. The van der Waals surface area contributed by atoms with Crippen LogP contribution in [-0.4, -0.2) is 41.8 Å². The standard InChI is InChI=1S/C20H18N2O4/c21-10-5-11-22(12-19(23)24)20(25)26-13-18-16-8-3-1-6-14(16)15-7-2-4-9-17(15)18/h1-4,6-9,18H,5,11-13H2,(H,23,24). The summed E-state index contributed by atoms with van der Waals surface area (Å²) in [7, 11) is 0. The number of amides is 1. The Kier molecular flexibility index (Phi) is 5.18. The molecule has 6 nitrogen and oxygen atoms in total. The van der Waals surface area contributed by atoms with E-state index in [4.69, 9.17) is 15.1 Å². The molecule has 6 heteroatoms. The van der Waals surface area contributed by atoms with Crippen molar-refractivity contribution in [3.8, 4) is 17.2 Å². The number of hydrogen-bond donors (Lipinski definition) is 1. The van der Waals surface area contributed by atoms with Crippen molar-refractivity contribution >= 4 is 12.1 Å². The van der Waals surface area contributed by atoms with Crippen molar-refractivity contribution in [2.75, 3.05) is 19.7 Å². The van der Waals surface area contributed by atoms with E-state index in [9.17, 15) is 9.59 Å². The Morgan fingerprint density at radius 3 is 2.19 bits per heavy atom. The number of aliphatic carboxylic acids is 1. The van der Waals surface area contributed by atoms with E-state index in [1.54, 1.807) is 0 Å². The molecule has 2 aromatic carbocycles. The molecule has 0 saturated carbocycles. The first-order chi connectivity index (χ1) is 12.6. The maximum Gasteiger partial charge on any atom is 0.410 e. The summed E-state index contributed by atoms with van der Waals surface area (Å²) in [5.41, 5.74) is 4.42. The number of rotatable bonds is 6. The zero-order valence-electron chi connectivity index (χ0n) is 14.1. The van der Waals surface area contributed by atoms with Gasteiger partial charge < -0.3 is 9.84 Å². The lowest BCUT2D eigenvalue weighted by molar-refractivity contribution is -0.138. The van der Waals surface area contributed by atoms with Crippen LogP contribution in [0.15, 0.2) is 48.5 Å². The number of ether oxygens (including phenoxy) is 1. The predicted octanol–water partition coefficient (Wildman–Crippen LogP) is 3.24. The third-order valence-corrected chi connectivity index (χ3v) is 4.41. The van der Waals surface area contributed by atoms with Gasteiger partial charge in [-0.05, 0) is 22.3 Å². The molecule has 0 aliphatic heterocycles. The Morgan fingerprint density at radius 2 is 1.65 bits per heavy atom. The third kappa shape index (κ3) is 3.52. The molecule has 1 aliphatic rings. The second-order valence-electron chi connectivity index (χ2n) is 6.03. The average molecular weight is 350 g/mol.